The van der Waals surface area contributed by atoms with Gasteiger partial charge in [-0.3, -0.25) is 14.9 Å². The minimum atomic E-state index is -0.992. The summed E-state index contributed by atoms with van der Waals surface area (Å²) in [5, 5.41) is 8.25. The van der Waals surface area contributed by atoms with Gasteiger partial charge in [0.25, 0.3) is 0 Å². The van der Waals surface area contributed by atoms with E-state index < -0.39 is 6.30 Å². The van der Waals surface area contributed by atoms with Crippen molar-refractivity contribution in [3.8, 4) is 0 Å². The molecule has 0 spiro atoms. The van der Waals surface area contributed by atoms with E-state index in [9.17, 15) is 8.78 Å². The highest BCUT2D eigenvalue weighted by Crippen LogP contribution is 2.34. The van der Waals surface area contributed by atoms with E-state index in [1.54, 1.807) is 6.07 Å². The predicted octanol–water partition coefficient (Wildman–Crippen LogP) is 3.31. The van der Waals surface area contributed by atoms with E-state index in [0.29, 0.717) is 6.54 Å². The van der Waals surface area contributed by atoms with Crippen molar-refractivity contribution in [3.05, 3.63) is 59.4 Å². The van der Waals surface area contributed by atoms with Crippen molar-refractivity contribution in [3.63, 3.8) is 0 Å². The van der Waals surface area contributed by atoms with Gasteiger partial charge >= 0.3 is 0 Å². The molecule has 0 aliphatic carbocycles. The lowest BCUT2D eigenvalue weighted by Gasteiger charge is -2.35. The van der Waals surface area contributed by atoms with Crippen molar-refractivity contribution in [2.45, 2.75) is 12.8 Å². The zero-order chi connectivity index (χ0) is 19.1. The van der Waals surface area contributed by atoms with Crippen LogP contribution in [0.3, 0.4) is 0 Å². The van der Waals surface area contributed by atoms with Crippen molar-refractivity contribution in [1.29, 1.82) is 0 Å². The molecule has 1 N–H and O–H groups in total. The fourth-order valence-corrected chi connectivity index (χ4v) is 4.27. The van der Waals surface area contributed by atoms with Crippen LogP contribution in [-0.4, -0.2) is 59.3 Å². The number of hydrogen-bond donors (Lipinski definition) is 1. The average Bonchev–Trinajstić information content (AvgIpc) is 3.28. The fraction of sp³-hybridized carbons (Fsp3) is 0.381. The van der Waals surface area contributed by atoms with Crippen LogP contribution in [0.1, 0.15) is 17.4 Å². The van der Waals surface area contributed by atoms with Crippen molar-refractivity contribution in [2.24, 2.45) is 0 Å². The minimum absolute atomic E-state index is 0.261. The second-order valence-corrected chi connectivity index (χ2v) is 7.57. The van der Waals surface area contributed by atoms with Gasteiger partial charge < -0.3 is 4.90 Å². The Balaban J connectivity index is 1.17. The first-order chi connectivity index (χ1) is 13.7. The maximum atomic E-state index is 14.6. The number of halogens is 2. The molecule has 5 nitrogen and oxygen atoms in total. The zero-order valence-corrected chi connectivity index (χ0v) is 15.6. The number of H-pyrrole nitrogens is 1. The molecule has 2 aliphatic heterocycles. The average molecular weight is 383 g/mol. The first-order valence-electron chi connectivity index (χ1n) is 9.76. The van der Waals surface area contributed by atoms with Crippen LogP contribution < -0.4 is 4.90 Å². The lowest BCUT2D eigenvalue weighted by Crippen LogP contribution is -2.48. The summed E-state index contributed by atoms with van der Waals surface area (Å²) in [6, 6.07) is 12.5. The number of aromatic nitrogens is 2. The van der Waals surface area contributed by atoms with Crippen LogP contribution in [0.5, 0.6) is 0 Å². The van der Waals surface area contributed by atoms with E-state index in [2.05, 4.69) is 20.0 Å². The summed E-state index contributed by atoms with van der Waals surface area (Å²) in [5.41, 5.74) is 2.64. The number of nitrogens with one attached hydrogen (secondary N) is 1. The third-order valence-corrected chi connectivity index (χ3v) is 5.89. The van der Waals surface area contributed by atoms with Gasteiger partial charge in [0.15, 0.2) is 12.1 Å². The van der Waals surface area contributed by atoms with Crippen LogP contribution in [0.25, 0.3) is 10.9 Å². The summed E-state index contributed by atoms with van der Waals surface area (Å²) in [5.74, 6) is 0.621. The third kappa shape index (κ3) is 3.14. The Morgan fingerprint density at radius 3 is 2.68 bits per heavy atom. The summed E-state index contributed by atoms with van der Waals surface area (Å²) in [7, 11) is 0. The molecule has 28 heavy (non-hydrogen) atoms. The van der Waals surface area contributed by atoms with E-state index in [-0.39, 0.29) is 5.82 Å². The summed E-state index contributed by atoms with van der Waals surface area (Å²) in [6.45, 7) is 5.80. The van der Waals surface area contributed by atoms with E-state index in [1.807, 2.05) is 29.2 Å². The molecule has 3 heterocycles. The Kier molecular flexibility index (Phi) is 4.49. The number of fused-ring (bicyclic) bond motifs is 2. The highest BCUT2D eigenvalue weighted by atomic mass is 19.1. The van der Waals surface area contributed by atoms with E-state index >= 15 is 0 Å². The van der Waals surface area contributed by atoms with Crippen LogP contribution >= 0.6 is 0 Å². The lowest BCUT2D eigenvalue weighted by molar-refractivity contribution is 0.0818. The molecule has 3 aromatic rings. The maximum absolute atomic E-state index is 14.6. The zero-order valence-electron chi connectivity index (χ0n) is 15.6. The number of rotatable bonds is 4. The molecule has 1 atom stereocenters. The Morgan fingerprint density at radius 2 is 1.86 bits per heavy atom. The number of anilines is 1. The predicted molar refractivity (Wildman–Crippen MR) is 105 cm³/mol. The first-order valence-corrected chi connectivity index (χ1v) is 9.76. The smallest absolute Gasteiger partial charge is 0.180 e. The molecule has 0 bridgehead atoms. The Labute approximate surface area is 162 Å². The molecule has 1 fully saturated rings. The van der Waals surface area contributed by atoms with Crippen LogP contribution in [0.2, 0.25) is 0 Å². The van der Waals surface area contributed by atoms with Crippen LogP contribution in [0.15, 0.2) is 42.5 Å². The number of aromatic amines is 1. The highest BCUT2D eigenvalue weighted by molar-refractivity contribution is 5.90. The quantitative estimate of drug-likeness (QED) is 0.702. The molecule has 1 unspecified atom stereocenters. The Hall–Kier alpha value is -2.51. The van der Waals surface area contributed by atoms with Gasteiger partial charge in [-0.05, 0) is 23.8 Å². The SMILES string of the molecule is Fc1ccc2c(N3CCN(CCN4Cc5ccccc5C4F)CC3)n[nH]c2c1. The third-order valence-electron chi connectivity index (χ3n) is 5.89. The summed E-state index contributed by atoms with van der Waals surface area (Å²) < 4.78 is 28.0. The number of alkyl halides is 1. The molecular formula is C21H23F2N5. The molecule has 146 valence electrons. The topological polar surface area (TPSA) is 38.4 Å². The summed E-state index contributed by atoms with van der Waals surface area (Å²) in [4.78, 5) is 6.52. The van der Waals surface area contributed by atoms with Crippen LogP contribution in [0.4, 0.5) is 14.6 Å². The molecular weight excluding hydrogens is 360 g/mol. The van der Waals surface area contributed by atoms with Gasteiger partial charge in [-0.25, -0.2) is 8.78 Å². The molecule has 0 radical (unpaired) electrons. The van der Waals surface area contributed by atoms with Gasteiger partial charge in [0, 0.05) is 56.8 Å². The number of benzene rings is 2. The maximum Gasteiger partial charge on any atom is 0.180 e. The molecule has 1 aromatic heterocycles. The molecule has 2 aromatic carbocycles. The van der Waals surface area contributed by atoms with E-state index in [1.165, 1.54) is 12.1 Å². The number of nitrogens with zero attached hydrogens (tertiary/aromatic N) is 4. The molecule has 2 aliphatic rings. The highest BCUT2D eigenvalue weighted by Gasteiger charge is 2.30. The van der Waals surface area contributed by atoms with Crippen LogP contribution in [0, 0.1) is 5.82 Å². The monoisotopic (exact) mass is 383 g/mol. The Bertz CT molecular complexity index is 980. The van der Waals surface area contributed by atoms with Crippen molar-refractivity contribution in [1.82, 2.24) is 20.0 Å². The van der Waals surface area contributed by atoms with E-state index in [0.717, 1.165) is 67.1 Å². The van der Waals surface area contributed by atoms with Crippen LogP contribution in [-0.2, 0) is 6.54 Å². The molecule has 0 amide bonds. The van der Waals surface area contributed by atoms with Crippen molar-refractivity contribution >= 4 is 16.7 Å². The normalized spacial score (nSPS) is 20.8. The standard InChI is InChI=1S/C21H23F2N5/c22-16-5-6-18-19(13-16)24-25-21(18)27-10-7-26(8-11-27)9-12-28-14-15-3-1-2-4-17(15)20(28)23/h1-6,13,20H,7-12,14H2,(H,24,25). The molecule has 1 saturated heterocycles. The van der Waals surface area contributed by atoms with E-state index in [4.69, 9.17) is 0 Å². The lowest BCUT2D eigenvalue weighted by atomic mass is 10.1. The summed E-state index contributed by atoms with van der Waals surface area (Å²) in [6.07, 6.45) is -0.992. The van der Waals surface area contributed by atoms with Gasteiger partial charge in [0.05, 0.1) is 5.52 Å². The van der Waals surface area contributed by atoms with Gasteiger partial charge in [0.2, 0.25) is 0 Å². The van der Waals surface area contributed by atoms with Gasteiger partial charge in [0.1, 0.15) is 5.82 Å². The fourth-order valence-electron chi connectivity index (χ4n) is 4.27. The van der Waals surface area contributed by atoms with Crippen molar-refractivity contribution < 1.29 is 8.78 Å². The number of piperazine rings is 1. The molecule has 7 heteroatoms. The van der Waals surface area contributed by atoms with Crippen molar-refractivity contribution in [2.75, 3.05) is 44.2 Å². The van der Waals surface area contributed by atoms with Gasteiger partial charge in [-0.2, -0.15) is 5.10 Å². The molecule has 0 saturated carbocycles. The van der Waals surface area contributed by atoms with Gasteiger partial charge in [-0.15, -0.1) is 0 Å². The Morgan fingerprint density at radius 1 is 1.04 bits per heavy atom. The minimum Gasteiger partial charge on any atom is -0.352 e. The second kappa shape index (κ2) is 7.14. The first kappa shape index (κ1) is 17.6. The molecule has 5 rings (SSSR count). The van der Waals surface area contributed by atoms with Gasteiger partial charge in [-0.1, -0.05) is 24.3 Å². The second-order valence-electron chi connectivity index (χ2n) is 7.57. The number of hydrogen-bond acceptors (Lipinski definition) is 4. The summed E-state index contributed by atoms with van der Waals surface area (Å²) >= 11 is 0. The largest absolute Gasteiger partial charge is 0.352 e.